The van der Waals surface area contributed by atoms with Gasteiger partial charge in [0.2, 0.25) is 0 Å². The molecular weight excluding hydrogens is 302 g/mol. The first-order valence-electron chi connectivity index (χ1n) is 5.31. The van der Waals surface area contributed by atoms with Gasteiger partial charge in [-0.25, -0.2) is 9.79 Å². The van der Waals surface area contributed by atoms with E-state index in [1.54, 1.807) is 11.8 Å². The Bertz CT molecular complexity index is 537. The van der Waals surface area contributed by atoms with E-state index in [2.05, 4.69) is 27.0 Å². The van der Waals surface area contributed by atoms with Gasteiger partial charge in [-0.1, -0.05) is 15.9 Å². The minimum Gasteiger partial charge on any atom is -0.464 e. The zero-order chi connectivity index (χ0) is 12.0. The lowest BCUT2D eigenvalue weighted by atomic mass is 10.2. The largest absolute Gasteiger partial charge is 0.464 e. The minimum absolute atomic E-state index is 0.124. The second-order valence-corrected chi connectivity index (χ2v) is 6.50. The molecule has 1 aromatic rings. The van der Waals surface area contributed by atoms with Crippen molar-refractivity contribution in [3.63, 3.8) is 0 Å². The topological polar surface area (TPSA) is 38.7 Å². The summed E-state index contributed by atoms with van der Waals surface area (Å²) in [6.45, 7) is 0. The number of benzene rings is 1. The number of nitrogens with zero attached hydrogens (tertiary/aromatic N) is 1. The van der Waals surface area contributed by atoms with E-state index in [0.29, 0.717) is 5.71 Å². The lowest BCUT2D eigenvalue weighted by molar-refractivity contribution is -0.132. The number of methoxy groups -OCH3 is 1. The SMILES string of the molecule is COC(=O)C1=Nc2ccc(Br)cc2SC12CC2. The second kappa shape index (κ2) is 3.85. The fourth-order valence-electron chi connectivity index (χ4n) is 1.92. The molecule has 0 N–H and O–H groups in total. The number of hydrogen-bond acceptors (Lipinski definition) is 4. The van der Waals surface area contributed by atoms with Gasteiger partial charge in [0.25, 0.3) is 0 Å². The Labute approximate surface area is 112 Å². The summed E-state index contributed by atoms with van der Waals surface area (Å²) in [4.78, 5) is 17.3. The molecule has 0 radical (unpaired) electrons. The van der Waals surface area contributed by atoms with Gasteiger partial charge in [0.1, 0.15) is 5.71 Å². The molecule has 88 valence electrons. The number of halogens is 1. The summed E-state index contributed by atoms with van der Waals surface area (Å²) in [6, 6.07) is 5.91. The van der Waals surface area contributed by atoms with E-state index in [1.807, 2.05) is 12.1 Å². The maximum Gasteiger partial charge on any atom is 0.353 e. The smallest absolute Gasteiger partial charge is 0.353 e. The van der Waals surface area contributed by atoms with Crippen LogP contribution in [0.25, 0.3) is 0 Å². The van der Waals surface area contributed by atoms with Crippen LogP contribution < -0.4 is 0 Å². The highest BCUT2D eigenvalue weighted by molar-refractivity contribution is 9.10. The molecule has 0 atom stereocenters. The Balaban J connectivity index is 2.09. The molecule has 3 rings (SSSR count). The predicted octanol–water partition coefficient (Wildman–Crippen LogP) is 3.33. The molecule has 1 saturated carbocycles. The van der Waals surface area contributed by atoms with Crippen LogP contribution in [0.5, 0.6) is 0 Å². The van der Waals surface area contributed by atoms with Crippen LogP contribution in [0.2, 0.25) is 0 Å². The van der Waals surface area contributed by atoms with Crippen molar-refractivity contribution in [1.82, 2.24) is 0 Å². The van der Waals surface area contributed by atoms with Crippen LogP contribution in [0.4, 0.5) is 5.69 Å². The first-order valence-corrected chi connectivity index (χ1v) is 6.92. The van der Waals surface area contributed by atoms with Crippen LogP contribution in [-0.2, 0) is 9.53 Å². The lowest BCUT2D eigenvalue weighted by Gasteiger charge is -2.22. The number of hydrogen-bond donors (Lipinski definition) is 0. The van der Waals surface area contributed by atoms with Gasteiger partial charge in [0.15, 0.2) is 0 Å². The molecule has 3 nitrogen and oxygen atoms in total. The monoisotopic (exact) mass is 311 g/mol. The number of thioether (sulfide) groups is 1. The molecule has 1 fully saturated rings. The standard InChI is InChI=1S/C12H10BrNO2S/c1-16-11(15)10-12(4-5-12)17-9-6-7(13)2-3-8(9)14-10/h2-3,6H,4-5H2,1H3. The van der Waals surface area contributed by atoms with E-state index in [4.69, 9.17) is 4.74 Å². The predicted molar refractivity (Wildman–Crippen MR) is 71.1 cm³/mol. The van der Waals surface area contributed by atoms with Crippen molar-refractivity contribution in [2.24, 2.45) is 4.99 Å². The summed E-state index contributed by atoms with van der Waals surface area (Å²) in [6.07, 6.45) is 2.00. The van der Waals surface area contributed by atoms with Gasteiger partial charge < -0.3 is 4.74 Å². The number of esters is 1. The maximum absolute atomic E-state index is 11.7. The Kier molecular flexibility index (Phi) is 2.56. The van der Waals surface area contributed by atoms with E-state index < -0.39 is 0 Å². The van der Waals surface area contributed by atoms with Crippen LogP contribution in [0.15, 0.2) is 32.6 Å². The van der Waals surface area contributed by atoms with Crippen molar-refractivity contribution >= 4 is 45.1 Å². The molecule has 1 heterocycles. The zero-order valence-corrected chi connectivity index (χ0v) is 11.6. The summed E-state index contributed by atoms with van der Waals surface area (Å²) in [5.74, 6) is -0.302. The van der Waals surface area contributed by atoms with Gasteiger partial charge in [-0.05, 0) is 31.0 Å². The van der Waals surface area contributed by atoms with Gasteiger partial charge in [-0.3, -0.25) is 0 Å². The number of ether oxygens (including phenoxy) is 1. The normalized spacial score (nSPS) is 19.5. The number of fused-ring (bicyclic) bond motifs is 1. The Morgan fingerprint density at radius 2 is 2.29 bits per heavy atom. The minimum atomic E-state index is -0.302. The maximum atomic E-state index is 11.7. The number of rotatable bonds is 1. The van der Waals surface area contributed by atoms with Crippen LogP contribution in [0, 0.1) is 0 Å². The molecule has 0 aromatic heterocycles. The first kappa shape index (κ1) is 11.3. The summed E-state index contributed by atoms with van der Waals surface area (Å²) in [5.41, 5.74) is 1.43. The van der Waals surface area contributed by atoms with E-state index in [0.717, 1.165) is 27.9 Å². The molecule has 1 aliphatic heterocycles. The van der Waals surface area contributed by atoms with Gasteiger partial charge in [0, 0.05) is 9.37 Å². The van der Waals surface area contributed by atoms with Crippen molar-refractivity contribution in [2.75, 3.05) is 7.11 Å². The molecule has 1 spiro atoms. The lowest BCUT2D eigenvalue weighted by Crippen LogP contribution is -2.30. The number of aliphatic imine (C=N–C) groups is 1. The third kappa shape index (κ3) is 1.81. The third-order valence-corrected chi connectivity index (χ3v) is 5.01. The summed E-state index contributed by atoms with van der Waals surface area (Å²) < 4.78 is 5.73. The van der Waals surface area contributed by atoms with E-state index in [9.17, 15) is 4.79 Å². The molecule has 5 heteroatoms. The zero-order valence-electron chi connectivity index (χ0n) is 9.20. The van der Waals surface area contributed by atoms with E-state index in [-0.39, 0.29) is 10.7 Å². The second-order valence-electron chi connectivity index (χ2n) is 4.16. The Hall–Kier alpha value is -0.810. The van der Waals surface area contributed by atoms with Crippen molar-refractivity contribution in [1.29, 1.82) is 0 Å². The van der Waals surface area contributed by atoms with Crippen LogP contribution in [0.1, 0.15) is 12.8 Å². The Morgan fingerprint density at radius 3 is 2.94 bits per heavy atom. The number of carbonyl (C=O) groups is 1. The first-order chi connectivity index (χ1) is 8.14. The van der Waals surface area contributed by atoms with Crippen molar-refractivity contribution in [2.45, 2.75) is 22.5 Å². The third-order valence-electron chi connectivity index (χ3n) is 2.97. The molecular formula is C12H10BrNO2S. The molecule has 0 unspecified atom stereocenters. The van der Waals surface area contributed by atoms with Gasteiger partial charge in [-0.15, -0.1) is 11.8 Å². The van der Waals surface area contributed by atoms with Crippen LogP contribution >= 0.6 is 27.7 Å². The molecule has 1 aromatic carbocycles. The molecule has 2 aliphatic rings. The summed E-state index contributed by atoms with van der Waals surface area (Å²) >= 11 is 5.18. The van der Waals surface area contributed by atoms with Crippen molar-refractivity contribution in [3.05, 3.63) is 22.7 Å². The van der Waals surface area contributed by atoms with Gasteiger partial charge >= 0.3 is 5.97 Å². The van der Waals surface area contributed by atoms with Crippen molar-refractivity contribution < 1.29 is 9.53 Å². The fourth-order valence-corrected chi connectivity index (χ4v) is 3.79. The fraction of sp³-hybridized carbons (Fsp3) is 0.333. The average Bonchev–Trinajstić information content (AvgIpc) is 3.07. The summed E-state index contributed by atoms with van der Waals surface area (Å²) in [7, 11) is 1.41. The Morgan fingerprint density at radius 1 is 1.53 bits per heavy atom. The highest BCUT2D eigenvalue weighted by Gasteiger charge is 2.53. The highest BCUT2D eigenvalue weighted by Crippen LogP contribution is 2.58. The molecule has 0 bridgehead atoms. The van der Waals surface area contributed by atoms with E-state index in [1.165, 1.54) is 7.11 Å². The molecule has 17 heavy (non-hydrogen) atoms. The molecule has 1 aliphatic carbocycles. The van der Waals surface area contributed by atoms with Gasteiger partial charge in [0.05, 0.1) is 17.5 Å². The number of carbonyl (C=O) groups excluding carboxylic acids is 1. The quantitative estimate of drug-likeness (QED) is 0.747. The van der Waals surface area contributed by atoms with E-state index >= 15 is 0 Å². The average molecular weight is 312 g/mol. The summed E-state index contributed by atoms with van der Waals surface area (Å²) in [5, 5.41) is 0. The van der Waals surface area contributed by atoms with Crippen molar-refractivity contribution in [3.8, 4) is 0 Å². The van der Waals surface area contributed by atoms with Crippen LogP contribution in [-0.4, -0.2) is 23.5 Å². The highest BCUT2D eigenvalue weighted by atomic mass is 79.9. The molecule has 0 amide bonds. The van der Waals surface area contributed by atoms with Crippen LogP contribution in [0.3, 0.4) is 0 Å². The molecule has 0 saturated heterocycles. The van der Waals surface area contributed by atoms with Gasteiger partial charge in [-0.2, -0.15) is 0 Å².